The Labute approximate surface area is 81.0 Å². The van der Waals surface area contributed by atoms with E-state index >= 15 is 0 Å². The minimum Gasteiger partial charge on any atom is -0.316 e. The quantitative estimate of drug-likeness (QED) is 0.658. The van der Waals surface area contributed by atoms with Gasteiger partial charge in [-0.3, -0.25) is 4.90 Å². The molecule has 0 aromatic heterocycles. The molecule has 74 valence electrons. The standard InChI is InChI=1S/C11H20N2/c1-2-6-13-7-4-3-5-11(13)10-8-12-9-10/h2,10-12H,1,3-9H2. The van der Waals surface area contributed by atoms with Crippen LogP contribution >= 0.6 is 0 Å². The van der Waals surface area contributed by atoms with Crippen molar-refractivity contribution < 1.29 is 0 Å². The second kappa shape index (κ2) is 4.25. The summed E-state index contributed by atoms with van der Waals surface area (Å²) in [6, 6.07) is 0.841. The van der Waals surface area contributed by atoms with E-state index in [1.807, 2.05) is 6.08 Å². The van der Waals surface area contributed by atoms with Crippen molar-refractivity contribution in [1.29, 1.82) is 0 Å². The van der Waals surface area contributed by atoms with Crippen LogP contribution in [0.3, 0.4) is 0 Å². The number of piperidine rings is 1. The molecule has 0 bridgehead atoms. The van der Waals surface area contributed by atoms with E-state index in [2.05, 4.69) is 16.8 Å². The van der Waals surface area contributed by atoms with Gasteiger partial charge < -0.3 is 5.32 Å². The molecule has 0 spiro atoms. The Kier molecular flexibility index (Phi) is 3.01. The van der Waals surface area contributed by atoms with Crippen molar-refractivity contribution in [3.05, 3.63) is 12.7 Å². The van der Waals surface area contributed by atoms with E-state index in [1.54, 1.807) is 0 Å². The van der Waals surface area contributed by atoms with E-state index < -0.39 is 0 Å². The largest absolute Gasteiger partial charge is 0.316 e. The van der Waals surface area contributed by atoms with Gasteiger partial charge in [0.15, 0.2) is 0 Å². The zero-order chi connectivity index (χ0) is 9.10. The lowest BCUT2D eigenvalue weighted by Crippen LogP contribution is -2.56. The molecule has 2 aliphatic rings. The first kappa shape index (κ1) is 9.22. The highest BCUT2D eigenvalue weighted by Crippen LogP contribution is 2.25. The van der Waals surface area contributed by atoms with Gasteiger partial charge in [0.05, 0.1) is 0 Å². The van der Waals surface area contributed by atoms with Gasteiger partial charge in [0.1, 0.15) is 0 Å². The lowest BCUT2D eigenvalue weighted by Gasteiger charge is -2.44. The number of nitrogens with one attached hydrogen (secondary N) is 1. The summed E-state index contributed by atoms with van der Waals surface area (Å²) in [7, 11) is 0. The Morgan fingerprint density at radius 3 is 2.85 bits per heavy atom. The Hall–Kier alpha value is -0.340. The first-order chi connectivity index (χ1) is 6.42. The summed E-state index contributed by atoms with van der Waals surface area (Å²) in [5.41, 5.74) is 0. The SMILES string of the molecule is C=CCN1CCCCC1C1CNC1. The number of hydrogen-bond donors (Lipinski definition) is 1. The van der Waals surface area contributed by atoms with Crippen LogP contribution in [0.4, 0.5) is 0 Å². The van der Waals surface area contributed by atoms with Gasteiger partial charge >= 0.3 is 0 Å². The van der Waals surface area contributed by atoms with Gasteiger partial charge in [0.25, 0.3) is 0 Å². The van der Waals surface area contributed by atoms with Crippen molar-refractivity contribution in [3.8, 4) is 0 Å². The van der Waals surface area contributed by atoms with Crippen LogP contribution in [0.15, 0.2) is 12.7 Å². The number of hydrogen-bond acceptors (Lipinski definition) is 2. The van der Waals surface area contributed by atoms with Gasteiger partial charge in [0.2, 0.25) is 0 Å². The molecule has 1 N–H and O–H groups in total. The molecule has 0 aliphatic carbocycles. The van der Waals surface area contributed by atoms with Gasteiger partial charge in [-0.05, 0) is 25.3 Å². The first-order valence-electron chi connectivity index (χ1n) is 5.47. The third-order valence-electron chi connectivity index (χ3n) is 3.39. The molecule has 2 fully saturated rings. The molecule has 1 unspecified atom stereocenters. The van der Waals surface area contributed by atoms with E-state index in [9.17, 15) is 0 Å². The van der Waals surface area contributed by atoms with E-state index in [4.69, 9.17) is 0 Å². The summed E-state index contributed by atoms with van der Waals surface area (Å²) in [6.07, 6.45) is 6.25. The molecule has 2 aliphatic heterocycles. The molecule has 0 amide bonds. The average molecular weight is 180 g/mol. The third-order valence-corrected chi connectivity index (χ3v) is 3.39. The molecule has 0 saturated carbocycles. The third kappa shape index (κ3) is 1.94. The molecule has 2 rings (SSSR count). The average Bonchev–Trinajstić information content (AvgIpc) is 2.05. The summed E-state index contributed by atoms with van der Waals surface area (Å²) < 4.78 is 0. The molecule has 0 radical (unpaired) electrons. The molecule has 0 aromatic carbocycles. The minimum absolute atomic E-state index is 0.841. The maximum atomic E-state index is 3.84. The molecule has 0 aromatic rings. The molecule has 2 nitrogen and oxygen atoms in total. The van der Waals surface area contributed by atoms with Gasteiger partial charge in [-0.2, -0.15) is 0 Å². The predicted molar refractivity (Wildman–Crippen MR) is 55.8 cm³/mol. The monoisotopic (exact) mass is 180 g/mol. The highest BCUT2D eigenvalue weighted by Gasteiger charge is 2.32. The Balaban J connectivity index is 1.90. The van der Waals surface area contributed by atoms with Crippen molar-refractivity contribution in [2.75, 3.05) is 26.2 Å². The number of rotatable bonds is 3. The highest BCUT2D eigenvalue weighted by molar-refractivity contribution is 4.92. The Bertz CT molecular complexity index is 175. The lowest BCUT2D eigenvalue weighted by molar-refractivity contribution is 0.0856. The van der Waals surface area contributed by atoms with E-state index in [1.165, 1.54) is 38.9 Å². The Morgan fingerprint density at radius 2 is 2.23 bits per heavy atom. The molecular weight excluding hydrogens is 160 g/mol. The highest BCUT2D eigenvalue weighted by atomic mass is 15.2. The van der Waals surface area contributed by atoms with Crippen LogP contribution in [0.25, 0.3) is 0 Å². The number of nitrogens with zero attached hydrogens (tertiary/aromatic N) is 1. The van der Waals surface area contributed by atoms with Crippen LogP contribution in [0.5, 0.6) is 0 Å². The molecular formula is C11H20N2. The van der Waals surface area contributed by atoms with E-state index in [-0.39, 0.29) is 0 Å². The fraction of sp³-hybridized carbons (Fsp3) is 0.818. The van der Waals surface area contributed by atoms with Crippen molar-refractivity contribution in [2.45, 2.75) is 25.3 Å². The van der Waals surface area contributed by atoms with Crippen molar-refractivity contribution in [3.63, 3.8) is 0 Å². The maximum Gasteiger partial charge on any atom is 0.0163 e. The van der Waals surface area contributed by atoms with Crippen LogP contribution in [-0.4, -0.2) is 37.1 Å². The van der Waals surface area contributed by atoms with Crippen molar-refractivity contribution in [2.24, 2.45) is 5.92 Å². The van der Waals surface area contributed by atoms with E-state index in [0.717, 1.165) is 18.5 Å². The van der Waals surface area contributed by atoms with Gasteiger partial charge in [0, 0.05) is 25.7 Å². The smallest absolute Gasteiger partial charge is 0.0163 e. The molecule has 2 saturated heterocycles. The summed E-state index contributed by atoms with van der Waals surface area (Å²) in [5, 5.41) is 3.37. The van der Waals surface area contributed by atoms with Gasteiger partial charge in [-0.25, -0.2) is 0 Å². The zero-order valence-corrected chi connectivity index (χ0v) is 8.34. The van der Waals surface area contributed by atoms with E-state index in [0.29, 0.717) is 0 Å². The van der Waals surface area contributed by atoms with Crippen LogP contribution in [-0.2, 0) is 0 Å². The van der Waals surface area contributed by atoms with Gasteiger partial charge in [-0.1, -0.05) is 12.5 Å². The number of likely N-dealkylation sites (tertiary alicyclic amines) is 1. The molecule has 2 heterocycles. The van der Waals surface area contributed by atoms with Gasteiger partial charge in [-0.15, -0.1) is 6.58 Å². The van der Waals surface area contributed by atoms with Crippen LogP contribution in [0, 0.1) is 5.92 Å². The lowest BCUT2D eigenvalue weighted by atomic mass is 9.86. The van der Waals surface area contributed by atoms with Crippen molar-refractivity contribution in [1.82, 2.24) is 10.2 Å². The second-order valence-electron chi connectivity index (χ2n) is 4.27. The zero-order valence-electron chi connectivity index (χ0n) is 8.34. The van der Waals surface area contributed by atoms with Crippen LogP contribution < -0.4 is 5.32 Å². The summed E-state index contributed by atoms with van der Waals surface area (Å²) in [4.78, 5) is 2.61. The summed E-state index contributed by atoms with van der Waals surface area (Å²) in [6.45, 7) is 8.67. The molecule has 1 atom stereocenters. The predicted octanol–water partition coefficient (Wildman–Crippen LogP) is 1.25. The Morgan fingerprint density at radius 1 is 1.38 bits per heavy atom. The second-order valence-corrected chi connectivity index (χ2v) is 4.27. The van der Waals surface area contributed by atoms with Crippen molar-refractivity contribution >= 4 is 0 Å². The fourth-order valence-electron chi connectivity index (χ4n) is 2.53. The maximum absolute atomic E-state index is 3.84. The fourth-order valence-corrected chi connectivity index (χ4v) is 2.53. The molecule has 2 heteroatoms. The molecule has 13 heavy (non-hydrogen) atoms. The van der Waals surface area contributed by atoms with Crippen LogP contribution in [0.2, 0.25) is 0 Å². The minimum atomic E-state index is 0.841. The summed E-state index contributed by atoms with van der Waals surface area (Å²) in [5.74, 6) is 0.917. The summed E-state index contributed by atoms with van der Waals surface area (Å²) >= 11 is 0. The van der Waals surface area contributed by atoms with Crippen LogP contribution in [0.1, 0.15) is 19.3 Å². The first-order valence-corrected chi connectivity index (χ1v) is 5.47. The topological polar surface area (TPSA) is 15.3 Å². The normalized spacial score (nSPS) is 31.2.